The number of hydrogen-bond acceptors (Lipinski definition) is 6. The molecule has 8 heteroatoms. The number of nitrogens with one attached hydrogen (secondary N) is 1. The van der Waals surface area contributed by atoms with Gasteiger partial charge in [0.1, 0.15) is 0 Å². The second-order valence-corrected chi connectivity index (χ2v) is 6.24. The number of sulfonamides is 1. The molecule has 5 N–H and O–H groups in total. The number of primary sulfonamides is 1. The first-order valence-corrected chi connectivity index (χ1v) is 7.73. The van der Waals surface area contributed by atoms with E-state index < -0.39 is 10.0 Å². The zero-order valence-electron chi connectivity index (χ0n) is 11.8. The molecule has 7 nitrogen and oxygen atoms in total. The first-order valence-electron chi connectivity index (χ1n) is 6.19. The molecule has 0 saturated carbocycles. The van der Waals surface area contributed by atoms with Gasteiger partial charge in [-0.2, -0.15) is 0 Å². The van der Waals surface area contributed by atoms with Crippen LogP contribution in [0, 0.1) is 0 Å². The summed E-state index contributed by atoms with van der Waals surface area (Å²) in [5.41, 5.74) is 6.59. The van der Waals surface area contributed by atoms with E-state index in [2.05, 4.69) is 5.32 Å². The molecule has 0 amide bonds. The second-order valence-electron chi connectivity index (χ2n) is 4.68. The summed E-state index contributed by atoms with van der Waals surface area (Å²) in [6.07, 6.45) is 0. The molecule has 0 aromatic heterocycles. The van der Waals surface area contributed by atoms with Crippen molar-refractivity contribution in [3.63, 3.8) is 0 Å². The maximum Gasteiger partial charge on any atom is 0.238 e. The minimum Gasteiger partial charge on any atom is -0.399 e. The molecule has 0 saturated heterocycles. The minimum atomic E-state index is -3.75. The maximum absolute atomic E-state index is 11.3. The predicted molar refractivity (Wildman–Crippen MR) is 80.1 cm³/mol. The van der Waals surface area contributed by atoms with E-state index in [0.717, 1.165) is 6.54 Å². The van der Waals surface area contributed by atoms with Gasteiger partial charge in [-0.25, -0.2) is 13.6 Å². The molecule has 20 heavy (non-hydrogen) atoms. The molecule has 1 rings (SSSR count). The smallest absolute Gasteiger partial charge is 0.238 e. The first-order chi connectivity index (χ1) is 9.29. The van der Waals surface area contributed by atoms with Crippen molar-refractivity contribution in [3.05, 3.63) is 18.2 Å². The van der Waals surface area contributed by atoms with Gasteiger partial charge in [-0.05, 0) is 32.3 Å². The Labute approximate surface area is 119 Å². The van der Waals surface area contributed by atoms with Gasteiger partial charge < -0.3 is 20.7 Å². The summed E-state index contributed by atoms with van der Waals surface area (Å²) in [4.78, 5) is 2.03. The summed E-state index contributed by atoms with van der Waals surface area (Å²) >= 11 is 0. The number of nitrogens with two attached hydrogens (primary N) is 2. The van der Waals surface area contributed by atoms with Gasteiger partial charge in [-0.1, -0.05) is 0 Å². The van der Waals surface area contributed by atoms with Crippen LogP contribution in [0.15, 0.2) is 23.1 Å². The highest BCUT2D eigenvalue weighted by atomic mass is 32.2. The number of likely N-dealkylation sites (N-methyl/N-ethyl adjacent to an activating group) is 1. The Morgan fingerprint density at radius 3 is 2.55 bits per heavy atom. The number of nitrogen functional groups attached to an aromatic ring is 1. The molecule has 0 spiro atoms. The quantitative estimate of drug-likeness (QED) is 0.457. The predicted octanol–water partition coefficient (Wildman–Crippen LogP) is -0.0937. The van der Waals surface area contributed by atoms with Gasteiger partial charge in [0.2, 0.25) is 10.0 Å². The molecule has 0 radical (unpaired) electrons. The standard InChI is InChI=1S/C12H22N4O3S/c1-16(2)4-6-19-5-3-15-11-7-10(13)8-12(9-11)20(14,17)18/h7-9,15H,3-6,13H2,1-2H3,(H2,14,17,18). The largest absolute Gasteiger partial charge is 0.399 e. The highest BCUT2D eigenvalue weighted by Gasteiger charge is 2.09. The molecule has 0 aliphatic heterocycles. The lowest BCUT2D eigenvalue weighted by Crippen LogP contribution is -2.20. The number of rotatable bonds is 8. The molecule has 1 aromatic carbocycles. The molecule has 0 aliphatic carbocycles. The van der Waals surface area contributed by atoms with Crippen LogP contribution in [0.2, 0.25) is 0 Å². The molecule has 1 aromatic rings. The minimum absolute atomic E-state index is 0.00599. The van der Waals surface area contributed by atoms with Crippen LogP contribution in [-0.4, -0.2) is 53.7 Å². The van der Waals surface area contributed by atoms with Crippen molar-refractivity contribution in [1.82, 2.24) is 4.90 Å². The van der Waals surface area contributed by atoms with Gasteiger partial charge in [0.15, 0.2) is 0 Å². The third-order valence-corrected chi connectivity index (χ3v) is 3.41. The zero-order valence-corrected chi connectivity index (χ0v) is 12.6. The fourth-order valence-corrected chi connectivity index (χ4v) is 2.10. The van der Waals surface area contributed by atoms with Gasteiger partial charge in [0.25, 0.3) is 0 Å². The number of benzene rings is 1. The van der Waals surface area contributed by atoms with Crippen molar-refractivity contribution in [2.24, 2.45) is 5.14 Å². The van der Waals surface area contributed by atoms with E-state index in [1.807, 2.05) is 19.0 Å². The monoisotopic (exact) mass is 302 g/mol. The summed E-state index contributed by atoms with van der Waals surface area (Å²) in [7, 11) is 0.197. The molecule has 0 bridgehead atoms. The van der Waals surface area contributed by atoms with E-state index in [-0.39, 0.29) is 4.90 Å². The van der Waals surface area contributed by atoms with Crippen molar-refractivity contribution in [2.75, 3.05) is 51.4 Å². The van der Waals surface area contributed by atoms with Crippen molar-refractivity contribution in [1.29, 1.82) is 0 Å². The van der Waals surface area contributed by atoms with Crippen molar-refractivity contribution in [3.8, 4) is 0 Å². The van der Waals surface area contributed by atoms with E-state index in [0.29, 0.717) is 31.1 Å². The SMILES string of the molecule is CN(C)CCOCCNc1cc(N)cc(S(N)(=O)=O)c1. The van der Waals surface area contributed by atoms with Crippen molar-refractivity contribution >= 4 is 21.4 Å². The lowest BCUT2D eigenvalue weighted by atomic mass is 10.3. The van der Waals surface area contributed by atoms with Gasteiger partial charge in [-0.3, -0.25) is 0 Å². The van der Waals surface area contributed by atoms with E-state index in [9.17, 15) is 8.42 Å². The van der Waals surface area contributed by atoms with E-state index in [1.54, 1.807) is 6.07 Å². The zero-order chi connectivity index (χ0) is 15.2. The number of anilines is 2. The lowest BCUT2D eigenvalue weighted by molar-refractivity contribution is 0.126. The fraction of sp³-hybridized carbons (Fsp3) is 0.500. The van der Waals surface area contributed by atoms with Crippen molar-refractivity contribution in [2.45, 2.75) is 4.90 Å². The van der Waals surface area contributed by atoms with E-state index in [4.69, 9.17) is 15.6 Å². The van der Waals surface area contributed by atoms with Crippen LogP contribution >= 0.6 is 0 Å². The summed E-state index contributed by atoms with van der Waals surface area (Å²) in [6.45, 7) is 2.58. The number of hydrogen-bond donors (Lipinski definition) is 3. The molecular formula is C12H22N4O3S. The van der Waals surface area contributed by atoms with Crippen LogP contribution < -0.4 is 16.2 Å². The molecule has 0 aliphatic rings. The summed E-state index contributed by atoms with van der Waals surface area (Å²) in [5, 5.41) is 8.12. The Kier molecular flexibility index (Phi) is 6.21. The van der Waals surface area contributed by atoms with Crippen LogP contribution in [0.5, 0.6) is 0 Å². The normalized spacial score (nSPS) is 11.8. The molecule has 0 atom stereocenters. The summed E-state index contributed by atoms with van der Waals surface area (Å²) in [5.74, 6) is 0. The number of nitrogens with zero attached hydrogens (tertiary/aromatic N) is 1. The van der Waals surface area contributed by atoms with Gasteiger partial charge in [-0.15, -0.1) is 0 Å². The molecule has 0 heterocycles. The van der Waals surface area contributed by atoms with Gasteiger partial charge in [0, 0.05) is 24.5 Å². The second kappa shape index (κ2) is 7.44. The van der Waals surface area contributed by atoms with E-state index in [1.165, 1.54) is 12.1 Å². The fourth-order valence-electron chi connectivity index (χ4n) is 1.51. The van der Waals surface area contributed by atoms with Crippen LogP contribution in [0.3, 0.4) is 0 Å². The van der Waals surface area contributed by atoms with Crippen molar-refractivity contribution < 1.29 is 13.2 Å². The Morgan fingerprint density at radius 2 is 1.95 bits per heavy atom. The average molecular weight is 302 g/mol. The Bertz CT molecular complexity index is 532. The Balaban J connectivity index is 2.47. The average Bonchev–Trinajstić information content (AvgIpc) is 2.31. The molecular weight excluding hydrogens is 280 g/mol. The summed E-state index contributed by atoms with van der Waals surface area (Å²) < 4.78 is 28.0. The highest BCUT2D eigenvalue weighted by molar-refractivity contribution is 7.89. The molecule has 0 fully saturated rings. The maximum atomic E-state index is 11.3. The van der Waals surface area contributed by atoms with Crippen LogP contribution in [0.25, 0.3) is 0 Å². The first kappa shape index (κ1) is 16.7. The van der Waals surface area contributed by atoms with E-state index >= 15 is 0 Å². The lowest BCUT2D eigenvalue weighted by Gasteiger charge is -2.11. The molecule has 0 unspecified atom stereocenters. The Hall–Kier alpha value is -1.35. The van der Waals surface area contributed by atoms with Gasteiger partial charge >= 0.3 is 0 Å². The van der Waals surface area contributed by atoms with Crippen LogP contribution in [0.4, 0.5) is 11.4 Å². The third-order valence-electron chi connectivity index (χ3n) is 2.52. The number of ether oxygens (including phenoxy) is 1. The third kappa shape index (κ3) is 6.20. The molecule has 114 valence electrons. The summed E-state index contributed by atoms with van der Waals surface area (Å²) in [6, 6.07) is 4.42. The van der Waals surface area contributed by atoms with Crippen LogP contribution in [0.1, 0.15) is 0 Å². The highest BCUT2D eigenvalue weighted by Crippen LogP contribution is 2.19. The topological polar surface area (TPSA) is 111 Å². The van der Waals surface area contributed by atoms with Crippen LogP contribution in [-0.2, 0) is 14.8 Å². The Morgan fingerprint density at radius 1 is 1.25 bits per heavy atom. The van der Waals surface area contributed by atoms with Gasteiger partial charge in [0.05, 0.1) is 18.1 Å².